The Hall–Kier alpha value is -6.44. The topological polar surface area (TPSA) is 58.2 Å². The monoisotopic (exact) mass is 788 g/mol. The fourth-order valence-corrected chi connectivity index (χ4v) is 12.3. The maximum absolute atomic E-state index is 15.0. The second kappa shape index (κ2) is 18.7. The first-order chi connectivity index (χ1) is 28.7. The summed E-state index contributed by atoms with van der Waals surface area (Å²) in [5, 5.41) is 13.5. The van der Waals surface area contributed by atoms with Gasteiger partial charge in [0.1, 0.15) is 0 Å². The van der Waals surface area contributed by atoms with Gasteiger partial charge in [0.05, 0.1) is 12.1 Å². The number of carbonyl (C=O) groups excluding carboxylic acids is 2. The van der Waals surface area contributed by atoms with Gasteiger partial charge in [-0.1, -0.05) is 218 Å². The molecule has 2 N–H and O–H groups in total. The molecule has 2 amide bonds. The summed E-state index contributed by atoms with van der Waals surface area (Å²) in [4.78, 5) is 29.9. The molecule has 0 aliphatic carbocycles. The van der Waals surface area contributed by atoms with Crippen molar-refractivity contribution >= 4 is 59.5 Å². The number of hydrogen-bond donors (Lipinski definition) is 2. The van der Waals surface area contributed by atoms with Crippen LogP contribution in [0.15, 0.2) is 231 Å². The Labute approximate surface area is 343 Å². The van der Waals surface area contributed by atoms with Gasteiger partial charge >= 0.3 is 0 Å². The van der Waals surface area contributed by atoms with Gasteiger partial charge in [-0.2, -0.15) is 0 Å². The molecule has 0 heterocycles. The summed E-state index contributed by atoms with van der Waals surface area (Å²) in [7, 11) is -2.12. The Bertz CT molecular complexity index is 2300. The van der Waals surface area contributed by atoms with E-state index in [1.807, 2.05) is 121 Å². The van der Waals surface area contributed by atoms with Gasteiger partial charge in [-0.25, -0.2) is 0 Å². The molecule has 2 atom stereocenters. The van der Waals surface area contributed by atoms with E-state index in [1.54, 1.807) is 0 Å². The maximum atomic E-state index is 15.0. The third kappa shape index (κ3) is 8.75. The van der Waals surface area contributed by atoms with Crippen molar-refractivity contribution < 1.29 is 9.59 Å². The van der Waals surface area contributed by atoms with Crippen LogP contribution in [-0.4, -0.2) is 11.8 Å². The molecule has 6 heteroatoms. The number of benzene rings is 8. The second-order valence-electron chi connectivity index (χ2n) is 13.8. The Morgan fingerprint density at radius 1 is 0.310 bits per heavy atom. The van der Waals surface area contributed by atoms with E-state index in [2.05, 4.69) is 120 Å². The van der Waals surface area contributed by atoms with Crippen LogP contribution in [0.3, 0.4) is 0 Å². The van der Waals surface area contributed by atoms with Crippen LogP contribution in [0.25, 0.3) is 0 Å². The molecule has 4 nitrogen and oxygen atoms in total. The van der Waals surface area contributed by atoms with Crippen molar-refractivity contribution in [1.82, 2.24) is 10.6 Å². The van der Waals surface area contributed by atoms with Crippen molar-refractivity contribution in [3.63, 3.8) is 0 Å². The summed E-state index contributed by atoms with van der Waals surface area (Å²) in [5.74, 6) is -0.424. The molecule has 0 saturated carbocycles. The lowest BCUT2D eigenvalue weighted by molar-refractivity contribution is 0.0883. The van der Waals surface area contributed by atoms with Crippen LogP contribution >= 0.6 is 15.8 Å². The Balaban J connectivity index is 1.20. The average Bonchev–Trinajstić information content (AvgIpc) is 3.30. The molecule has 282 valence electrons. The molecule has 0 aliphatic heterocycles. The Kier molecular flexibility index (Phi) is 12.4. The highest BCUT2D eigenvalue weighted by Crippen LogP contribution is 2.37. The zero-order valence-corrected chi connectivity index (χ0v) is 33.6. The van der Waals surface area contributed by atoms with Crippen molar-refractivity contribution in [2.45, 2.75) is 12.1 Å². The molecule has 8 aromatic rings. The maximum Gasteiger partial charge on any atom is 0.252 e. The molecule has 0 unspecified atom stereocenters. The summed E-state index contributed by atoms with van der Waals surface area (Å²) < 4.78 is 0. The van der Waals surface area contributed by atoms with Gasteiger partial charge in [0, 0.05) is 11.1 Å². The summed E-state index contributed by atoms with van der Waals surface area (Å²) in [6, 6.07) is 76.1. The quantitative estimate of drug-likeness (QED) is 0.115. The average molecular weight is 789 g/mol. The van der Waals surface area contributed by atoms with Crippen LogP contribution in [0.2, 0.25) is 0 Å². The zero-order valence-electron chi connectivity index (χ0n) is 31.8. The van der Waals surface area contributed by atoms with Gasteiger partial charge in [-0.3, -0.25) is 9.59 Å². The van der Waals surface area contributed by atoms with Crippen LogP contribution in [0.4, 0.5) is 0 Å². The van der Waals surface area contributed by atoms with Crippen LogP contribution in [0.5, 0.6) is 0 Å². The highest BCUT2D eigenvalue weighted by molar-refractivity contribution is 7.80. The Morgan fingerprint density at radius 2 is 0.552 bits per heavy atom. The van der Waals surface area contributed by atoms with E-state index in [0.717, 1.165) is 43.0 Å². The van der Waals surface area contributed by atoms with E-state index < -0.39 is 27.9 Å². The largest absolute Gasteiger partial charge is 0.343 e. The number of carbonyl (C=O) groups is 2. The predicted octanol–water partition coefficient (Wildman–Crippen LogP) is 8.85. The lowest BCUT2D eigenvalue weighted by Crippen LogP contribution is -2.43. The molecule has 0 fully saturated rings. The molecule has 8 aromatic carbocycles. The number of nitrogens with one attached hydrogen (secondary N) is 2. The summed E-state index contributed by atoms with van der Waals surface area (Å²) in [5.41, 5.74) is 2.95. The molecule has 0 bridgehead atoms. The van der Waals surface area contributed by atoms with E-state index in [4.69, 9.17) is 0 Å². The third-order valence-electron chi connectivity index (χ3n) is 10.1. The first-order valence-corrected chi connectivity index (χ1v) is 22.0. The lowest BCUT2D eigenvalue weighted by atomic mass is 9.92. The highest BCUT2D eigenvalue weighted by Gasteiger charge is 2.32. The minimum atomic E-state index is -1.06. The van der Waals surface area contributed by atoms with E-state index in [-0.39, 0.29) is 11.8 Å². The van der Waals surface area contributed by atoms with Gasteiger partial charge in [0.2, 0.25) is 0 Å². The summed E-state index contributed by atoms with van der Waals surface area (Å²) >= 11 is 0. The summed E-state index contributed by atoms with van der Waals surface area (Å²) in [6.45, 7) is 0. The standard InChI is InChI=1S/C52H42N2O2P2/c55-51(45-35-19-21-37-47(45)57(41-27-11-3-12-28-41)42-29-13-4-14-30-42)53-49(39-23-7-1-8-24-39)50(40-25-9-2-10-26-40)54-52(56)46-36-20-22-38-48(46)58(43-31-15-5-16-32-43)44-33-17-6-18-34-44/h1-38,49-50H,(H,53,55)(H,54,56)/t49-,50-/m0/s1. The van der Waals surface area contributed by atoms with Crippen molar-refractivity contribution in [3.8, 4) is 0 Å². The molecule has 58 heavy (non-hydrogen) atoms. The highest BCUT2D eigenvalue weighted by atomic mass is 31.1. The van der Waals surface area contributed by atoms with Crippen molar-refractivity contribution in [2.24, 2.45) is 0 Å². The van der Waals surface area contributed by atoms with Crippen molar-refractivity contribution in [3.05, 3.63) is 253 Å². The third-order valence-corrected chi connectivity index (χ3v) is 15.1. The fourth-order valence-electron chi connectivity index (χ4n) is 7.36. The van der Waals surface area contributed by atoms with Crippen molar-refractivity contribution in [1.29, 1.82) is 0 Å². The molecule has 0 aliphatic rings. The van der Waals surface area contributed by atoms with Crippen LogP contribution in [-0.2, 0) is 0 Å². The van der Waals surface area contributed by atoms with Gasteiger partial charge in [0.25, 0.3) is 11.8 Å². The predicted molar refractivity (Wildman–Crippen MR) is 244 cm³/mol. The smallest absolute Gasteiger partial charge is 0.252 e. The fraction of sp³-hybridized carbons (Fsp3) is 0.0385. The molecular weight excluding hydrogens is 747 g/mol. The molecule has 8 rings (SSSR count). The Morgan fingerprint density at radius 3 is 0.845 bits per heavy atom. The molecular formula is C52H42N2O2P2. The second-order valence-corrected chi connectivity index (χ2v) is 18.1. The SMILES string of the molecule is O=C(N[C@@H](c1ccccc1)[C@@H](NC(=O)c1ccccc1P(c1ccccc1)c1ccccc1)c1ccccc1)c1ccccc1P(c1ccccc1)c1ccccc1. The first kappa shape index (κ1) is 38.4. The van der Waals surface area contributed by atoms with E-state index in [1.165, 1.54) is 0 Å². The van der Waals surface area contributed by atoms with Crippen LogP contribution in [0.1, 0.15) is 43.9 Å². The molecule has 0 saturated heterocycles. The number of hydrogen-bond acceptors (Lipinski definition) is 2. The van der Waals surface area contributed by atoms with Gasteiger partial charge < -0.3 is 10.6 Å². The van der Waals surface area contributed by atoms with Gasteiger partial charge in [-0.05, 0) is 70.9 Å². The minimum absolute atomic E-state index is 0.212. The van der Waals surface area contributed by atoms with E-state index in [9.17, 15) is 9.59 Å². The molecule has 0 spiro atoms. The zero-order chi connectivity index (χ0) is 39.5. The van der Waals surface area contributed by atoms with E-state index >= 15 is 0 Å². The number of amides is 2. The normalized spacial score (nSPS) is 12.1. The van der Waals surface area contributed by atoms with Crippen LogP contribution in [0, 0.1) is 0 Å². The first-order valence-electron chi connectivity index (χ1n) is 19.4. The number of rotatable bonds is 13. The minimum Gasteiger partial charge on any atom is -0.343 e. The lowest BCUT2D eigenvalue weighted by Gasteiger charge is -2.31. The van der Waals surface area contributed by atoms with Gasteiger partial charge in [0.15, 0.2) is 0 Å². The van der Waals surface area contributed by atoms with E-state index in [0.29, 0.717) is 11.1 Å². The summed E-state index contributed by atoms with van der Waals surface area (Å²) in [6.07, 6.45) is 0. The van der Waals surface area contributed by atoms with Crippen LogP contribution < -0.4 is 42.5 Å². The molecule has 0 aromatic heterocycles. The van der Waals surface area contributed by atoms with Gasteiger partial charge in [-0.15, -0.1) is 0 Å². The van der Waals surface area contributed by atoms with Crippen molar-refractivity contribution in [2.75, 3.05) is 0 Å². The molecule has 0 radical (unpaired) electrons.